The minimum atomic E-state index is -3.87. The van der Waals surface area contributed by atoms with Crippen LogP contribution in [0.25, 0.3) is 0 Å². The first kappa shape index (κ1) is 17.5. The largest absolute Gasteiger partial charge is 0.494 e. The van der Waals surface area contributed by atoms with E-state index in [-0.39, 0.29) is 17.2 Å². The number of hydrogen-bond donors (Lipinski definition) is 2. The molecular weight excluding hydrogens is 294 g/mol. The Morgan fingerprint density at radius 1 is 1.29 bits per heavy atom. The number of rotatable bonds is 8. The number of nitrogens with one attached hydrogen (secondary N) is 1. The fraction of sp³-hybridized carbons (Fsp3) is 0.500. The second kappa shape index (κ2) is 7.42. The molecule has 2 N–H and O–H groups in total. The van der Waals surface area contributed by atoms with Gasteiger partial charge in [-0.25, -0.2) is 8.42 Å². The Morgan fingerprint density at radius 2 is 1.86 bits per heavy atom. The Kier molecular flexibility index (Phi) is 6.17. The van der Waals surface area contributed by atoms with Crippen LogP contribution in [0.3, 0.4) is 0 Å². The molecule has 1 rings (SSSR count). The lowest BCUT2D eigenvalue weighted by molar-refractivity contribution is -0.139. The van der Waals surface area contributed by atoms with E-state index < -0.39 is 22.0 Å². The molecule has 0 aliphatic rings. The van der Waals surface area contributed by atoms with Gasteiger partial charge in [-0.15, -0.1) is 0 Å². The maximum atomic E-state index is 12.2. The van der Waals surface area contributed by atoms with Crippen molar-refractivity contribution in [3.8, 4) is 5.75 Å². The van der Waals surface area contributed by atoms with Crippen LogP contribution < -0.4 is 9.46 Å². The average Bonchev–Trinajstić information content (AvgIpc) is 2.38. The first-order chi connectivity index (χ1) is 9.76. The van der Waals surface area contributed by atoms with Crippen molar-refractivity contribution in [3.63, 3.8) is 0 Å². The van der Waals surface area contributed by atoms with Gasteiger partial charge in [0.05, 0.1) is 11.5 Å². The molecule has 0 amide bonds. The minimum Gasteiger partial charge on any atom is -0.494 e. The lowest BCUT2D eigenvalue weighted by Crippen LogP contribution is -2.41. The Labute approximate surface area is 125 Å². The van der Waals surface area contributed by atoms with E-state index in [1.54, 1.807) is 0 Å². The fourth-order valence-corrected chi connectivity index (χ4v) is 3.01. The quantitative estimate of drug-likeness (QED) is 0.764. The van der Waals surface area contributed by atoms with Gasteiger partial charge in [0.15, 0.2) is 0 Å². The molecule has 0 aliphatic carbocycles. The molecule has 7 heteroatoms. The van der Waals surface area contributed by atoms with Crippen molar-refractivity contribution in [2.24, 2.45) is 5.92 Å². The van der Waals surface area contributed by atoms with E-state index in [9.17, 15) is 13.2 Å². The molecule has 0 spiro atoms. The van der Waals surface area contributed by atoms with Gasteiger partial charge < -0.3 is 9.84 Å². The molecule has 1 aromatic carbocycles. The van der Waals surface area contributed by atoms with E-state index in [0.29, 0.717) is 12.4 Å². The van der Waals surface area contributed by atoms with Crippen LogP contribution in [0.15, 0.2) is 29.2 Å². The highest BCUT2D eigenvalue weighted by molar-refractivity contribution is 7.89. The van der Waals surface area contributed by atoms with Crippen LogP contribution in [-0.4, -0.2) is 32.1 Å². The maximum absolute atomic E-state index is 12.2. The Morgan fingerprint density at radius 3 is 2.29 bits per heavy atom. The van der Waals surface area contributed by atoms with E-state index in [0.717, 1.165) is 0 Å². The summed E-state index contributed by atoms with van der Waals surface area (Å²) >= 11 is 0. The van der Waals surface area contributed by atoms with Crippen molar-refractivity contribution in [1.29, 1.82) is 0 Å². The van der Waals surface area contributed by atoms with Crippen molar-refractivity contribution in [3.05, 3.63) is 24.3 Å². The zero-order valence-corrected chi connectivity index (χ0v) is 13.2. The number of hydrogen-bond acceptors (Lipinski definition) is 4. The molecule has 1 atom stereocenters. The predicted octanol–water partition coefficient (Wildman–Crippen LogP) is 1.86. The molecule has 0 saturated carbocycles. The summed E-state index contributed by atoms with van der Waals surface area (Å²) in [4.78, 5) is 11.2. The van der Waals surface area contributed by atoms with Gasteiger partial charge in [-0.1, -0.05) is 13.8 Å². The minimum absolute atomic E-state index is 0.0148. The van der Waals surface area contributed by atoms with Crippen molar-refractivity contribution < 1.29 is 23.1 Å². The fourth-order valence-electron chi connectivity index (χ4n) is 1.81. The number of aliphatic carboxylic acids is 1. The lowest BCUT2D eigenvalue weighted by Gasteiger charge is -2.16. The summed E-state index contributed by atoms with van der Waals surface area (Å²) in [5, 5.41) is 9.10. The monoisotopic (exact) mass is 315 g/mol. The second-order valence-electron chi connectivity index (χ2n) is 5.05. The first-order valence-electron chi connectivity index (χ1n) is 6.74. The zero-order valence-electron chi connectivity index (χ0n) is 12.4. The summed E-state index contributed by atoms with van der Waals surface area (Å²) in [6.07, 6.45) is 0.228. The van der Waals surface area contributed by atoms with Crippen molar-refractivity contribution in [2.75, 3.05) is 6.61 Å². The standard InChI is InChI=1S/C14H21NO5S/c1-4-20-11-5-7-12(8-6-11)21(18,19)15-13(14(16)17)9-10(2)3/h5-8,10,13,15H,4,9H2,1-3H3,(H,16,17)/t13-/m0/s1. The number of ether oxygens (including phenoxy) is 1. The molecule has 0 aromatic heterocycles. The van der Waals surface area contributed by atoms with Crippen LogP contribution in [0.2, 0.25) is 0 Å². The summed E-state index contributed by atoms with van der Waals surface area (Å²) in [7, 11) is -3.87. The molecule has 21 heavy (non-hydrogen) atoms. The highest BCUT2D eigenvalue weighted by atomic mass is 32.2. The predicted molar refractivity (Wildman–Crippen MR) is 78.8 cm³/mol. The highest BCUT2D eigenvalue weighted by Crippen LogP contribution is 2.17. The van der Waals surface area contributed by atoms with E-state index in [4.69, 9.17) is 9.84 Å². The SMILES string of the molecule is CCOc1ccc(S(=O)(=O)N[C@@H](CC(C)C)C(=O)O)cc1. The summed E-state index contributed by atoms with van der Waals surface area (Å²) in [6.45, 7) is 5.98. The van der Waals surface area contributed by atoms with Gasteiger partial charge in [0.2, 0.25) is 10.0 Å². The Bertz CT molecular complexity index is 566. The molecule has 0 saturated heterocycles. The van der Waals surface area contributed by atoms with Gasteiger partial charge in [-0.2, -0.15) is 4.72 Å². The zero-order chi connectivity index (χ0) is 16.0. The molecule has 0 aliphatic heterocycles. The number of carboxylic acid groups (broad SMARTS) is 1. The van der Waals surface area contributed by atoms with Crippen LogP contribution in [0.4, 0.5) is 0 Å². The van der Waals surface area contributed by atoms with Crippen LogP contribution in [0.5, 0.6) is 5.75 Å². The molecule has 0 fully saturated rings. The molecule has 118 valence electrons. The summed E-state index contributed by atoms with van der Waals surface area (Å²) < 4.78 is 31.8. The highest BCUT2D eigenvalue weighted by Gasteiger charge is 2.26. The number of carboxylic acids is 1. The van der Waals surface area contributed by atoms with Crippen LogP contribution in [-0.2, 0) is 14.8 Å². The molecule has 1 aromatic rings. The topological polar surface area (TPSA) is 92.7 Å². The molecular formula is C14H21NO5S. The van der Waals surface area contributed by atoms with Gasteiger partial charge in [0, 0.05) is 0 Å². The van der Waals surface area contributed by atoms with E-state index in [1.807, 2.05) is 20.8 Å². The van der Waals surface area contributed by atoms with Crippen molar-refractivity contribution in [2.45, 2.75) is 38.1 Å². The van der Waals surface area contributed by atoms with Crippen LogP contribution >= 0.6 is 0 Å². The summed E-state index contributed by atoms with van der Waals surface area (Å²) in [6, 6.07) is 4.72. The normalized spacial score (nSPS) is 13.1. The first-order valence-corrected chi connectivity index (χ1v) is 8.22. The Hall–Kier alpha value is -1.60. The van der Waals surface area contributed by atoms with Crippen LogP contribution in [0, 0.1) is 5.92 Å². The van der Waals surface area contributed by atoms with Crippen molar-refractivity contribution in [1.82, 2.24) is 4.72 Å². The summed E-state index contributed by atoms with van der Waals surface area (Å²) in [5.74, 6) is -0.555. The van der Waals surface area contributed by atoms with Gasteiger partial charge in [-0.05, 0) is 43.5 Å². The third kappa shape index (κ3) is 5.35. The van der Waals surface area contributed by atoms with Crippen LogP contribution in [0.1, 0.15) is 27.2 Å². The molecule has 0 bridgehead atoms. The maximum Gasteiger partial charge on any atom is 0.321 e. The number of benzene rings is 1. The molecule has 0 heterocycles. The van der Waals surface area contributed by atoms with E-state index >= 15 is 0 Å². The number of carbonyl (C=O) groups is 1. The van der Waals surface area contributed by atoms with Gasteiger partial charge in [0.25, 0.3) is 0 Å². The smallest absolute Gasteiger partial charge is 0.321 e. The van der Waals surface area contributed by atoms with Gasteiger partial charge >= 0.3 is 5.97 Å². The third-order valence-electron chi connectivity index (χ3n) is 2.75. The van der Waals surface area contributed by atoms with E-state index in [2.05, 4.69) is 4.72 Å². The van der Waals surface area contributed by atoms with Crippen molar-refractivity contribution >= 4 is 16.0 Å². The van der Waals surface area contributed by atoms with E-state index in [1.165, 1.54) is 24.3 Å². The van der Waals surface area contributed by atoms with Gasteiger partial charge in [-0.3, -0.25) is 4.79 Å². The third-order valence-corrected chi connectivity index (χ3v) is 4.24. The average molecular weight is 315 g/mol. The summed E-state index contributed by atoms with van der Waals surface area (Å²) in [5.41, 5.74) is 0. The molecule has 0 radical (unpaired) electrons. The molecule has 0 unspecified atom stereocenters. The van der Waals surface area contributed by atoms with Gasteiger partial charge in [0.1, 0.15) is 11.8 Å². The molecule has 6 nitrogen and oxygen atoms in total. The number of sulfonamides is 1. The Balaban J connectivity index is 2.91. The second-order valence-corrected chi connectivity index (χ2v) is 6.76. The lowest BCUT2D eigenvalue weighted by atomic mass is 10.1.